The van der Waals surface area contributed by atoms with Crippen LogP contribution in [-0.4, -0.2) is 25.3 Å². The van der Waals surface area contributed by atoms with E-state index in [4.69, 9.17) is 12.5 Å². The minimum atomic E-state index is -4.48. The Balaban J connectivity index is 1.59. The normalized spacial score (nSPS) is 14.0. The van der Waals surface area contributed by atoms with Crippen LogP contribution in [0.15, 0.2) is 99.6 Å². The predicted molar refractivity (Wildman–Crippen MR) is 181 cm³/mol. The maximum atomic E-state index is 13.5. The first-order valence-corrected chi connectivity index (χ1v) is 19.5. The third-order valence-corrected chi connectivity index (χ3v) is 11.7. The van der Waals surface area contributed by atoms with Gasteiger partial charge in [0.05, 0.1) is 23.0 Å². The predicted octanol–water partition coefficient (Wildman–Crippen LogP) is 6.73. The van der Waals surface area contributed by atoms with E-state index >= 15 is 0 Å². The first-order chi connectivity index (χ1) is 22.7. The first-order valence-electron chi connectivity index (χ1n) is 15.3. The van der Waals surface area contributed by atoms with Gasteiger partial charge >= 0.3 is 10.1 Å². The molecule has 12 heteroatoms. The van der Waals surface area contributed by atoms with Crippen LogP contribution in [0.5, 0.6) is 5.75 Å². The SMILES string of the molecule is Cc1ccc(S(=O)(=O)OCc2cc(C#CC3CCCC3)cc(COS(=O)(=O)c3ccc(C)cc3)c2OS(=O)(=O)c2ccc(C)cc2)cc1. The van der Waals surface area contributed by atoms with Gasteiger partial charge in [-0.1, -0.05) is 77.8 Å². The second kappa shape index (κ2) is 14.6. The Morgan fingerprint density at radius 1 is 0.583 bits per heavy atom. The Bertz CT molecular complexity index is 2060. The van der Waals surface area contributed by atoms with Gasteiger partial charge in [-0.3, -0.25) is 8.37 Å². The van der Waals surface area contributed by atoms with Crippen LogP contribution < -0.4 is 4.18 Å². The van der Waals surface area contributed by atoms with Gasteiger partial charge in [0.25, 0.3) is 20.2 Å². The molecule has 252 valence electrons. The molecule has 0 atom stereocenters. The fourth-order valence-electron chi connectivity index (χ4n) is 5.09. The summed E-state index contributed by atoms with van der Waals surface area (Å²) in [5.41, 5.74) is 2.95. The molecule has 0 N–H and O–H groups in total. The third kappa shape index (κ3) is 8.92. The van der Waals surface area contributed by atoms with Gasteiger partial charge in [0.2, 0.25) is 0 Å². The highest BCUT2D eigenvalue weighted by molar-refractivity contribution is 7.87. The monoisotopic (exact) mass is 708 g/mol. The number of hydrogen-bond acceptors (Lipinski definition) is 9. The third-order valence-electron chi connectivity index (χ3n) is 7.88. The van der Waals surface area contributed by atoms with E-state index in [1.54, 1.807) is 43.3 Å². The molecule has 0 aliphatic heterocycles. The van der Waals surface area contributed by atoms with Crippen molar-refractivity contribution in [3.8, 4) is 17.6 Å². The van der Waals surface area contributed by atoms with E-state index in [0.717, 1.165) is 42.4 Å². The highest BCUT2D eigenvalue weighted by atomic mass is 32.2. The Kier molecular flexibility index (Phi) is 10.8. The van der Waals surface area contributed by atoms with Gasteiger partial charge in [0, 0.05) is 22.6 Å². The zero-order valence-electron chi connectivity index (χ0n) is 26.8. The van der Waals surface area contributed by atoms with Gasteiger partial charge in [-0.25, -0.2) is 0 Å². The van der Waals surface area contributed by atoms with Crippen molar-refractivity contribution in [2.45, 2.75) is 74.4 Å². The summed E-state index contributed by atoms with van der Waals surface area (Å²) in [7, 11) is -13.1. The van der Waals surface area contributed by atoms with Crippen LogP contribution in [0.2, 0.25) is 0 Å². The number of aryl methyl sites for hydroxylation is 3. The lowest BCUT2D eigenvalue weighted by Gasteiger charge is -2.17. The number of benzene rings is 4. The molecule has 0 unspecified atom stereocenters. The van der Waals surface area contributed by atoms with E-state index in [2.05, 4.69) is 11.8 Å². The molecule has 0 spiro atoms. The molecule has 0 amide bonds. The first kappa shape index (κ1) is 35.3. The van der Waals surface area contributed by atoms with Crippen molar-refractivity contribution < 1.29 is 37.8 Å². The maximum absolute atomic E-state index is 13.5. The van der Waals surface area contributed by atoms with Crippen molar-refractivity contribution in [1.82, 2.24) is 0 Å². The standard InChI is InChI=1S/C36H36O9S3/c1-26-8-16-33(17-9-26)46(37,38)43-24-31-22-30(15-14-29-6-4-5-7-29)23-32(25-44-47(39,40)34-18-10-27(2)11-19-34)36(31)45-48(41,42)35-20-12-28(3)13-21-35/h8-13,16-23,29H,4-7,24-25H2,1-3H3. The summed E-state index contributed by atoms with van der Waals surface area (Å²) in [6, 6.07) is 21.1. The lowest BCUT2D eigenvalue weighted by molar-refractivity contribution is 0.296. The fraction of sp³-hybridized carbons (Fsp3) is 0.278. The summed E-state index contributed by atoms with van der Waals surface area (Å²) in [5.74, 6) is 6.18. The number of rotatable bonds is 11. The van der Waals surface area contributed by atoms with Crippen molar-refractivity contribution in [2.24, 2.45) is 5.92 Å². The molecule has 5 rings (SSSR count). The molecule has 4 aromatic rings. The van der Waals surface area contributed by atoms with E-state index in [1.807, 2.05) is 13.8 Å². The fourth-order valence-corrected chi connectivity index (χ4v) is 7.87. The van der Waals surface area contributed by atoms with Crippen molar-refractivity contribution in [2.75, 3.05) is 0 Å². The Hall–Kier alpha value is -3.99. The van der Waals surface area contributed by atoms with Crippen molar-refractivity contribution in [3.05, 3.63) is 118 Å². The van der Waals surface area contributed by atoms with Gasteiger partial charge in [0.15, 0.2) is 5.75 Å². The molecular weight excluding hydrogens is 673 g/mol. The second-order valence-electron chi connectivity index (χ2n) is 11.8. The lowest BCUT2D eigenvalue weighted by Crippen LogP contribution is -2.15. The van der Waals surface area contributed by atoms with Crippen LogP contribution in [-0.2, 0) is 51.9 Å². The molecule has 1 fully saturated rings. The Morgan fingerprint density at radius 2 is 0.958 bits per heavy atom. The van der Waals surface area contributed by atoms with Gasteiger partial charge in [-0.2, -0.15) is 25.3 Å². The van der Waals surface area contributed by atoms with Crippen LogP contribution in [0.3, 0.4) is 0 Å². The molecule has 0 saturated heterocycles. The van der Waals surface area contributed by atoms with Crippen LogP contribution in [0, 0.1) is 38.5 Å². The molecule has 0 heterocycles. The van der Waals surface area contributed by atoms with Crippen LogP contribution >= 0.6 is 0 Å². The quantitative estimate of drug-likeness (QED) is 0.123. The van der Waals surface area contributed by atoms with E-state index in [1.165, 1.54) is 48.5 Å². The van der Waals surface area contributed by atoms with Gasteiger partial charge in [-0.15, -0.1) is 0 Å². The Labute approximate surface area is 283 Å². The summed E-state index contributed by atoms with van der Waals surface area (Å²) in [5, 5.41) is 0. The molecule has 0 aromatic heterocycles. The summed E-state index contributed by atoms with van der Waals surface area (Å²) < 4.78 is 96.2. The molecule has 1 aliphatic rings. The van der Waals surface area contributed by atoms with Gasteiger partial charge < -0.3 is 4.18 Å². The molecule has 0 radical (unpaired) electrons. The molecule has 1 aliphatic carbocycles. The average molecular weight is 709 g/mol. The minimum absolute atomic E-state index is 0.0194. The molecule has 0 bridgehead atoms. The van der Waals surface area contributed by atoms with Crippen molar-refractivity contribution >= 4 is 30.4 Å². The summed E-state index contributed by atoms with van der Waals surface area (Å²) in [6.07, 6.45) is 4.01. The summed E-state index contributed by atoms with van der Waals surface area (Å²) >= 11 is 0. The van der Waals surface area contributed by atoms with E-state index < -0.39 is 43.6 Å². The largest absolute Gasteiger partial charge is 0.378 e. The van der Waals surface area contributed by atoms with Crippen molar-refractivity contribution in [3.63, 3.8) is 0 Å². The van der Waals surface area contributed by atoms with E-state index in [-0.39, 0.29) is 37.5 Å². The lowest BCUT2D eigenvalue weighted by atomic mass is 10.0. The van der Waals surface area contributed by atoms with Gasteiger partial charge in [-0.05, 0) is 82.1 Å². The maximum Gasteiger partial charge on any atom is 0.339 e. The van der Waals surface area contributed by atoms with Gasteiger partial charge in [0.1, 0.15) is 4.90 Å². The summed E-state index contributed by atoms with van der Waals surface area (Å²) in [4.78, 5) is -0.336. The highest BCUT2D eigenvalue weighted by Gasteiger charge is 2.26. The topological polar surface area (TPSA) is 130 Å². The van der Waals surface area contributed by atoms with E-state index in [9.17, 15) is 25.3 Å². The zero-order chi connectivity index (χ0) is 34.5. The zero-order valence-corrected chi connectivity index (χ0v) is 29.3. The van der Waals surface area contributed by atoms with Crippen molar-refractivity contribution in [1.29, 1.82) is 0 Å². The molecule has 1 saturated carbocycles. The highest BCUT2D eigenvalue weighted by Crippen LogP contribution is 2.33. The minimum Gasteiger partial charge on any atom is -0.378 e. The van der Waals surface area contributed by atoms with Crippen LogP contribution in [0.25, 0.3) is 0 Å². The smallest absolute Gasteiger partial charge is 0.339 e. The molecule has 4 aromatic carbocycles. The molecule has 48 heavy (non-hydrogen) atoms. The molecule has 9 nitrogen and oxygen atoms in total. The second-order valence-corrected chi connectivity index (χ2v) is 16.6. The van der Waals surface area contributed by atoms with Crippen LogP contribution in [0.4, 0.5) is 0 Å². The molecular formula is C36H36O9S3. The average Bonchev–Trinajstić information content (AvgIpc) is 3.57. The van der Waals surface area contributed by atoms with E-state index in [0.29, 0.717) is 5.56 Å². The Morgan fingerprint density at radius 3 is 1.35 bits per heavy atom. The van der Waals surface area contributed by atoms with Crippen LogP contribution in [0.1, 0.15) is 59.1 Å². The number of hydrogen-bond donors (Lipinski definition) is 0. The summed E-state index contributed by atoms with van der Waals surface area (Å²) in [6.45, 7) is 4.17.